The van der Waals surface area contributed by atoms with E-state index >= 15 is 0 Å². The van der Waals surface area contributed by atoms with Crippen LogP contribution in [-0.2, 0) is 9.53 Å². The topological polar surface area (TPSA) is 26.3 Å². The molecule has 0 N–H and O–H groups in total. The van der Waals surface area contributed by atoms with E-state index in [0.29, 0.717) is 0 Å². The third-order valence-electron chi connectivity index (χ3n) is 8.02. The van der Waals surface area contributed by atoms with Crippen molar-refractivity contribution in [3.05, 3.63) is 0 Å². The molecule has 2 nitrogen and oxygen atoms in total. The zero-order valence-corrected chi connectivity index (χ0v) is 25.6. The monoisotopic (exact) mass is 509 g/mol. The average Bonchev–Trinajstić information content (AvgIpc) is 2.88. The summed E-state index contributed by atoms with van der Waals surface area (Å²) in [4.78, 5) is 12.8. The van der Waals surface area contributed by atoms with Crippen LogP contribution in [0.1, 0.15) is 201 Å². The highest BCUT2D eigenvalue weighted by atomic mass is 16.5. The van der Waals surface area contributed by atoms with Crippen LogP contribution >= 0.6 is 0 Å². The number of carbonyl (C=O) groups is 1. The van der Waals surface area contributed by atoms with Crippen molar-refractivity contribution in [2.75, 3.05) is 0 Å². The molecule has 216 valence electrons. The lowest BCUT2D eigenvalue weighted by atomic mass is 9.98. The lowest BCUT2D eigenvalue weighted by Gasteiger charge is -2.21. The Bertz CT molecular complexity index is 433. The summed E-state index contributed by atoms with van der Waals surface area (Å²) in [5.74, 6) is 0.195. The van der Waals surface area contributed by atoms with Gasteiger partial charge in [-0.1, -0.05) is 163 Å². The summed E-state index contributed by atoms with van der Waals surface area (Å²) in [6.07, 6.45) is 35.3. The Morgan fingerprint density at radius 1 is 0.444 bits per heavy atom. The van der Waals surface area contributed by atoms with E-state index in [1.165, 1.54) is 135 Å². The fraction of sp³-hybridized carbons (Fsp3) is 0.971. The van der Waals surface area contributed by atoms with Crippen LogP contribution in [0.25, 0.3) is 0 Å². The number of hydrogen-bond acceptors (Lipinski definition) is 2. The second kappa shape index (κ2) is 29.0. The third kappa shape index (κ3) is 23.8. The fourth-order valence-corrected chi connectivity index (χ4v) is 5.36. The fourth-order valence-electron chi connectivity index (χ4n) is 5.36. The molecule has 2 atom stereocenters. The largest absolute Gasteiger partial charge is 0.462 e. The van der Waals surface area contributed by atoms with Crippen LogP contribution < -0.4 is 0 Å². The van der Waals surface area contributed by atoms with Gasteiger partial charge < -0.3 is 4.74 Å². The average molecular weight is 509 g/mol. The first-order chi connectivity index (χ1) is 17.7. The summed E-state index contributed by atoms with van der Waals surface area (Å²) in [5.41, 5.74) is 0. The van der Waals surface area contributed by atoms with Crippen LogP contribution in [0, 0.1) is 5.92 Å². The number of esters is 1. The third-order valence-corrected chi connectivity index (χ3v) is 8.02. The summed E-state index contributed by atoms with van der Waals surface area (Å²) >= 11 is 0. The van der Waals surface area contributed by atoms with Crippen molar-refractivity contribution in [2.45, 2.75) is 207 Å². The summed E-state index contributed by atoms with van der Waals surface area (Å²) in [5, 5.41) is 0. The normalized spacial score (nSPS) is 13.1. The molecular formula is C34H68O2. The quantitative estimate of drug-likeness (QED) is 0.0741. The standard InChI is InChI=1S/C34H68O2/c1-5-9-12-14-16-17-18-19-20-21-22-23-24-26-28-31-33(30-27-25-15-13-10-6-2)36-34(35)32(8-4)29-11-7-3/h32-33H,5-31H2,1-4H3. The Hall–Kier alpha value is -0.530. The van der Waals surface area contributed by atoms with Gasteiger partial charge in [-0.15, -0.1) is 0 Å². The molecule has 36 heavy (non-hydrogen) atoms. The number of carbonyl (C=O) groups excluding carboxylic acids is 1. The van der Waals surface area contributed by atoms with Crippen LogP contribution in [0.2, 0.25) is 0 Å². The molecule has 0 saturated carbocycles. The molecule has 0 aromatic heterocycles. The lowest BCUT2D eigenvalue weighted by molar-refractivity contribution is -0.155. The minimum absolute atomic E-state index is 0.0860. The molecule has 0 radical (unpaired) electrons. The molecule has 0 aromatic carbocycles. The molecule has 0 bridgehead atoms. The number of unbranched alkanes of at least 4 members (excludes halogenated alkanes) is 20. The van der Waals surface area contributed by atoms with Gasteiger partial charge in [0.25, 0.3) is 0 Å². The van der Waals surface area contributed by atoms with Gasteiger partial charge in [0.05, 0.1) is 5.92 Å². The van der Waals surface area contributed by atoms with Gasteiger partial charge in [-0.25, -0.2) is 0 Å². The van der Waals surface area contributed by atoms with Crippen LogP contribution in [0.15, 0.2) is 0 Å². The molecule has 0 aliphatic rings. The Balaban J connectivity index is 3.98. The molecule has 0 spiro atoms. The summed E-state index contributed by atoms with van der Waals surface area (Å²) < 4.78 is 6.11. The smallest absolute Gasteiger partial charge is 0.309 e. The molecule has 0 heterocycles. The molecule has 0 fully saturated rings. The maximum Gasteiger partial charge on any atom is 0.309 e. The lowest BCUT2D eigenvalue weighted by Crippen LogP contribution is -2.24. The Morgan fingerprint density at radius 3 is 1.11 bits per heavy atom. The van der Waals surface area contributed by atoms with Crippen molar-refractivity contribution in [1.82, 2.24) is 0 Å². The van der Waals surface area contributed by atoms with E-state index in [9.17, 15) is 4.79 Å². The Labute approximate surface area is 228 Å². The Kier molecular flexibility index (Phi) is 28.6. The zero-order valence-electron chi connectivity index (χ0n) is 25.6. The molecule has 0 saturated heterocycles. The van der Waals surface area contributed by atoms with Crippen molar-refractivity contribution < 1.29 is 9.53 Å². The maximum absolute atomic E-state index is 12.8. The van der Waals surface area contributed by atoms with Crippen molar-refractivity contribution in [1.29, 1.82) is 0 Å². The van der Waals surface area contributed by atoms with Crippen LogP contribution in [0.4, 0.5) is 0 Å². The maximum atomic E-state index is 12.8. The van der Waals surface area contributed by atoms with Gasteiger partial charge in [0.15, 0.2) is 0 Å². The van der Waals surface area contributed by atoms with E-state index in [1.807, 2.05) is 0 Å². The number of rotatable bonds is 29. The van der Waals surface area contributed by atoms with E-state index in [1.54, 1.807) is 0 Å². The van der Waals surface area contributed by atoms with Crippen LogP contribution in [0.3, 0.4) is 0 Å². The summed E-state index contributed by atoms with van der Waals surface area (Å²) in [6, 6.07) is 0. The molecule has 2 heteroatoms. The molecule has 2 unspecified atom stereocenters. The van der Waals surface area contributed by atoms with Crippen molar-refractivity contribution >= 4 is 5.97 Å². The van der Waals surface area contributed by atoms with Gasteiger partial charge in [0, 0.05) is 0 Å². The molecule has 0 aliphatic carbocycles. The van der Waals surface area contributed by atoms with Crippen molar-refractivity contribution in [3.63, 3.8) is 0 Å². The van der Waals surface area contributed by atoms with Gasteiger partial charge in [-0.3, -0.25) is 4.79 Å². The molecule has 0 aromatic rings. The van der Waals surface area contributed by atoms with Crippen LogP contribution in [0.5, 0.6) is 0 Å². The van der Waals surface area contributed by atoms with Crippen molar-refractivity contribution in [3.8, 4) is 0 Å². The molecule has 0 amide bonds. The minimum Gasteiger partial charge on any atom is -0.462 e. The highest BCUT2D eigenvalue weighted by Crippen LogP contribution is 2.21. The minimum atomic E-state index is 0.0860. The second-order valence-corrected chi connectivity index (χ2v) is 11.6. The Morgan fingerprint density at radius 2 is 0.778 bits per heavy atom. The highest BCUT2D eigenvalue weighted by Gasteiger charge is 2.21. The highest BCUT2D eigenvalue weighted by molar-refractivity contribution is 5.72. The predicted molar refractivity (Wildman–Crippen MR) is 161 cm³/mol. The zero-order chi connectivity index (χ0) is 26.5. The first-order valence-corrected chi connectivity index (χ1v) is 16.9. The van der Waals surface area contributed by atoms with E-state index in [4.69, 9.17) is 4.74 Å². The van der Waals surface area contributed by atoms with E-state index in [-0.39, 0.29) is 18.0 Å². The summed E-state index contributed by atoms with van der Waals surface area (Å²) in [7, 11) is 0. The van der Waals surface area contributed by atoms with Gasteiger partial charge in [-0.2, -0.15) is 0 Å². The number of ether oxygens (including phenoxy) is 1. The molecule has 0 rings (SSSR count). The SMILES string of the molecule is CCCCCCCCCCCCCCCCCC(CCCCCCCC)OC(=O)C(CC)CCCC. The van der Waals surface area contributed by atoms with E-state index < -0.39 is 0 Å². The first kappa shape index (κ1) is 35.5. The molecule has 0 aliphatic heterocycles. The van der Waals surface area contributed by atoms with E-state index in [2.05, 4.69) is 27.7 Å². The first-order valence-electron chi connectivity index (χ1n) is 16.9. The van der Waals surface area contributed by atoms with Gasteiger partial charge in [-0.05, 0) is 38.5 Å². The van der Waals surface area contributed by atoms with E-state index in [0.717, 1.165) is 38.5 Å². The van der Waals surface area contributed by atoms with Crippen LogP contribution in [-0.4, -0.2) is 12.1 Å². The van der Waals surface area contributed by atoms with Gasteiger partial charge in [0.2, 0.25) is 0 Å². The van der Waals surface area contributed by atoms with Crippen molar-refractivity contribution in [2.24, 2.45) is 5.92 Å². The summed E-state index contributed by atoms with van der Waals surface area (Å²) in [6.45, 7) is 8.91. The second-order valence-electron chi connectivity index (χ2n) is 11.6. The predicted octanol–water partition coefficient (Wildman–Crippen LogP) is 12.1. The molecular weight excluding hydrogens is 440 g/mol. The number of hydrogen-bond donors (Lipinski definition) is 0. The van der Waals surface area contributed by atoms with Gasteiger partial charge in [0.1, 0.15) is 6.10 Å². The van der Waals surface area contributed by atoms with Gasteiger partial charge >= 0.3 is 5.97 Å².